The minimum Gasteiger partial charge on any atom is -0.465 e. The zero-order chi connectivity index (χ0) is 17.6. The van der Waals surface area contributed by atoms with Crippen LogP contribution in [0.15, 0.2) is 6.33 Å². The van der Waals surface area contributed by atoms with Crippen LogP contribution in [0, 0.1) is 11.8 Å². The van der Waals surface area contributed by atoms with E-state index in [2.05, 4.69) is 4.98 Å². The third-order valence-corrected chi connectivity index (χ3v) is 6.14. The molecule has 0 unspecified atom stereocenters. The third kappa shape index (κ3) is 2.40. The van der Waals surface area contributed by atoms with E-state index in [1.807, 2.05) is 0 Å². The maximum Gasteiger partial charge on any atom is 0.315 e. The Morgan fingerprint density at radius 2 is 2.21 bits per heavy atom. The van der Waals surface area contributed by atoms with Crippen molar-refractivity contribution in [3.8, 4) is 0 Å². The fourth-order valence-corrected chi connectivity index (χ4v) is 4.28. The molecule has 0 aromatic carbocycles. The Labute approximate surface area is 139 Å². The second kappa shape index (κ2) is 5.85. The highest BCUT2D eigenvalue weighted by molar-refractivity contribution is 7.87. The number of ether oxygens (including phenoxy) is 2. The molecule has 9 nitrogen and oxygen atoms in total. The summed E-state index contributed by atoms with van der Waals surface area (Å²) in [4.78, 5) is 28.8. The number of rotatable bonds is 4. The van der Waals surface area contributed by atoms with Gasteiger partial charge in [-0.15, -0.1) is 0 Å². The quantitative estimate of drug-likeness (QED) is 0.670. The standard InChI is InChI=1S/C14H19N3O6S/c1-4-22-14(19)11-10-8(6-23-13(10)18)5-9-12(11)17(7-15-9)24(20,21)16(2)3/h7-8,10-11H,4-6H2,1-3H3/t8-,10-,11+/m1/s1. The molecule has 0 radical (unpaired) electrons. The van der Waals surface area contributed by atoms with Gasteiger partial charge in [-0.2, -0.15) is 12.7 Å². The lowest BCUT2D eigenvalue weighted by atomic mass is 9.74. The molecule has 2 heterocycles. The summed E-state index contributed by atoms with van der Waals surface area (Å²) in [5.41, 5.74) is 0.681. The van der Waals surface area contributed by atoms with Crippen LogP contribution in [0.5, 0.6) is 0 Å². The molecule has 0 amide bonds. The Kier molecular flexibility index (Phi) is 4.12. The fourth-order valence-electron chi connectivity index (χ4n) is 3.30. The first-order valence-electron chi connectivity index (χ1n) is 7.61. The lowest BCUT2D eigenvalue weighted by Gasteiger charge is -2.30. The van der Waals surface area contributed by atoms with E-state index < -0.39 is 34.0 Å². The van der Waals surface area contributed by atoms with E-state index in [1.54, 1.807) is 6.92 Å². The van der Waals surface area contributed by atoms with Gasteiger partial charge in [-0.1, -0.05) is 0 Å². The van der Waals surface area contributed by atoms with Gasteiger partial charge in [-0.3, -0.25) is 9.59 Å². The maximum absolute atomic E-state index is 12.5. The minimum atomic E-state index is -3.87. The van der Waals surface area contributed by atoms with Gasteiger partial charge in [0.2, 0.25) is 0 Å². The Bertz CT molecular complexity index is 784. The van der Waals surface area contributed by atoms with E-state index in [0.717, 1.165) is 8.28 Å². The van der Waals surface area contributed by atoms with Crippen LogP contribution in [0.2, 0.25) is 0 Å². The SMILES string of the molecule is CCOC(=O)[C@@H]1c2c(ncn2S(=O)(=O)N(C)C)C[C@@H]2COC(=O)[C@H]21. The van der Waals surface area contributed by atoms with Crippen molar-refractivity contribution < 1.29 is 27.5 Å². The number of nitrogens with zero attached hydrogens (tertiary/aromatic N) is 3. The number of cyclic esters (lactones) is 1. The van der Waals surface area contributed by atoms with Crippen LogP contribution >= 0.6 is 0 Å². The lowest BCUT2D eigenvalue weighted by molar-refractivity contribution is -0.152. The first kappa shape index (κ1) is 16.9. The van der Waals surface area contributed by atoms with Crippen molar-refractivity contribution in [2.24, 2.45) is 11.8 Å². The number of imidazole rings is 1. The number of carbonyl (C=O) groups is 2. The second-order valence-corrected chi connectivity index (χ2v) is 8.03. The lowest BCUT2D eigenvalue weighted by Crippen LogP contribution is -2.39. The first-order chi connectivity index (χ1) is 11.3. The zero-order valence-electron chi connectivity index (χ0n) is 13.6. The van der Waals surface area contributed by atoms with Crippen LogP contribution in [0.3, 0.4) is 0 Å². The van der Waals surface area contributed by atoms with Gasteiger partial charge in [0.05, 0.1) is 30.5 Å². The number of esters is 2. The molecule has 1 aromatic rings. The first-order valence-corrected chi connectivity index (χ1v) is 9.01. The average Bonchev–Trinajstić information content (AvgIpc) is 3.09. The topological polar surface area (TPSA) is 108 Å². The van der Waals surface area contributed by atoms with E-state index in [9.17, 15) is 18.0 Å². The Hall–Kier alpha value is -1.94. The van der Waals surface area contributed by atoms with E-state index >= 15 is 0 Å². The second-order valence-electron chi connectivity index (χ2n) is 6.01. The van der Waals surface area contributed by atoms with Gasteiger partial charge >= 0.3 is 22.1 Å². The predicted octanol–water partition coefficient (Wildman–Crippen LogP) is -0.470. The van der Waals surface area contributed by atoms with Gasteiger partial charge in [-0.25, -0.2) is 8.96 Å². The van der Waals surface area contributed by atoms with Gasteiger partial charge < -0.3 is 9.47 Å². The molecular weight excluding hydrogens is 338 g/mol. The summed E-state index contributed by atoms with van der Waals surface area (Å²) in [5, 5.41) is 0. The summed E-state index contributed by atoms with van der Waals surface area (Å²) < 4.78 is 37.3. The number of fused-ring (bicyclic) bond motifs is 2. The summed E-state index contributed by atoms with van der Waals surface area (Å²) in [7, 11) is -1.10. The van der Waals surface area contributed by atoms with Crippen molar-refractivity contribution in [2.75, 3.05) is 27.3 Å². The molecule has 0 bridgehead atoms. The molecule has 0 spiro atoms. The van der Waals surface area contributed by atoms with Crippen molar-refractivity contribution in [3.05, 3.63) is 17.7 Å². The monoisotopic (exact) mass is 357 g/mol. The number of hydrogen-bond donors (Lipinski definition) is 0. The molecule has 1 saturated heterocycles. The smallest absolute Gasteiger partial charge is 0.315 e. The summed E-state index contributed by atoms with van der Waals surface area (Å²) in [6.45, 7) is 1.98. The summed E-state index contributed by atoms with van der Waals surface area (Å²) >= 11 is 0. The van der Waals surface area contributed by atoms with Crippen molar-refractivity contribution in [1.82, 2.24) is 13.3 Å². The summed E-state index contributed by atoms with van der Waals surface area (Å²) in [5.74, 6) is -3.12. The van der Waals surface area contributed by atoms with Crippen LogP contribution in [0.1, 0.15) is 24.2 Å². The van der Waals surface area contributed by atoms with Crippen LogP contribution in [0.4, 0.5) is 0 Å². The van der Waals surface area contributed by atoms with Gasteiger partial charge in [0.15, 0.2) is 0 Å². The molecule has 1 fully saturated rings. The summed E-state index contributed by atoms with van der Waals surface area (Å²) in [6.07, 6.45) is 1.57. The number of hydrogen-bond acceptors (Lipinski definition) is 7. The molecule has 3 atom stereocenters. The van der Waals surface area contributed by atoms with Gasteiger partial charge in [0, 0.05) is 20.0 Å². The Morgan fingerprint density at radius 1 is 1.50 bits per heavy atom. The molecular formula is C14H19N3O6S. The highest BCUT2D eigenvalue weighted by atomic mass is 32.2. The maximum atomic E-state index is 12.5. The largest absolute Gasteiger partial charge is 0.465 e. The van der Waals surface area contributed by atoms with Crippen LogP contribution < -0.4 is 0 Å². The van der Waals surface area contributed by atoms with Crippen LogP contribution in [-0.4, -0.2) is 60.9 Å². The molecule has 1 aliphatic carbocycles. The molecule has 2 aliphatic rings. The highest BCUT2D eigenvalue weighted by Gasteiger charge is 2.53. The molecule has 132 valence electrons. The van der Waals surface area contributed by atoms with E-state index in [-0.39, 0.29) is 24.8 Å². The number of aromatic nitrogens is 2. The average molecular weight is 357 g/mol. The molecule has 24 heavy (non-hydrogen) atoms. The molecule has 1 aromatic heterocycles. The zero-order valence-corrected chi connectivity index (χ0v) is 14.4. The third-order valence-electron chi connectivity index (χ3n) is 4.43. The molecule has 0 saturated carbocycles. The van der Waals surface area contributed by atoms with E-state index in [4.69, 9.17) is 9.47 Å². The molecule has 3 rings (SSSR count). The summed E-state index contributed by atoms with van der Waals surface area (Å²) in [6, 6.07) is 0. The van der Waals surface area contributed by atoms with Crippen molar-refractivity contribution >= 4 is 22.1 Å². The van der Waals surface area contributed by atoms with Crippen LogP contribution in [0.25, 0.3) is 0 Å². The fraction of sp³-hybridized carbons (Fsp3) is 0.643. The molecule has 10 heteroatoms. The molecule has 0 N–H and O–H groups in total. The van der Waals surface area contributed by atoms with E-state index in [1.165, 1.54) is 20.4 Å². The minimum absolute atomic E-state index is 0.131. The van der Waals surface area contributed by atoms with Gasteiger partial charge in [0.25, 0.3) is 0 Å². The van der Waals surface area contributed by atoms with Crippen LogP contribution in [-0.2, 0) is 35.7 Å². The van der Waals surface area contributed by atoms with E-state index in [0.29, 0.717) is 12.1 Å². The number of carbonyl (C=O) groups excluding carboxylic acids is 2. The predicted molar refractivity (Wildman–Crippen MR) is 81.2 cm³/mol. The van der Waals surface area contributed by atoms with Gasteiger partial charge in [-0.05, 0) is 13.3 Å². The van der Waals surface area contributed by atoms with Crippen molar-refractivity contribution in [1.29, 1.82) is 0 Å². The Morgan fingerprint density at radius 3 is 2.83 bits per heavy atom. The normalized spacial score (nSPS) is 26.0. The van der Waals surface area contributed by atoms with Crippen molar-refractivity contribution in [2.45, 2.75) is 19.3 Å². The van der Waals surface area contributed by atoms with Gasteiger partial charge in [0.1, 0.15) is 12.2 Å². The van der Waals surface area contributed by atoms with Crippen molar-refractivity contribution in [3.63, 3.8) is 0 Å². The Balaban J connectivity index is 2.17. The highest BCUT2D eigenvalue weighted by Crippen LogP contribution is 2.44. The molecule has 1 aliphatic heterocycles.